The molecule has 0 aliphatic rings. The molecule has 0 bridgehead atoms. The van der Waals surface area contributed by atoms with E-state index in [4.69, 9.17) is 33.2 Å². The molecule has 0 aliphatic carbocycles. The predicted octanol–water partition coefficient (Wildman–Crippen LogP) is 4.96. The van der Waals surface area contributed by atoms with E-state index < -0.39 is 6.00 Å². The van der Waals surface area contributed by atoms with E-state index >= 15 is 0 Å². The number of hydrogen-bond acceptors (Lipinski definition) is 2. The highest BCUT2D eigenvalue weighted by Crippen LogP contribution is 2.22. The first-order valence-corrected chi connectivity index (χ1v) is 10.2. The van der Waals surface area contributed by atoms with E-state index in [0.29, 0.717) is 0 Å². The molecule has 0 heterocycles. The lowest BCUT2D eigenvalue weighted by molar-refractivity contribution is 1.23. The summed E-state index contributed by atoms with van der Waals surface area (Å²) < 4.78 is 0. The molecule has 2 rings (SSSR count). The van der Waals surface area contributed by atoms with Gasteiger partial charge in [0.25, 0.3) is 0 Å². The molecule has 0 unspecified atom stereocenters. The van der Waals surface area contributed by atoms with Crippen molar-refractivity contribution in [3.63, 3.8) is 0 Å². The van der Waals surface area contributed by atoms with Gasteiger partial charge in [0.2, 0.25) is 0 Å². The van der Waals surface area contributed by atoms with Gasteiger partial charge in [0, 0.05) is 0 Å². The van der Waals surface area contributed by atoms with Crippen LogP contribution in [0.1, 0.15) is 0 Å². The van der Waals surface area contributed by atoms with E-state index in [9.17, 15) is 0 Å². The first kappa shape index (κ1) is 13.6. The Bertz CT molecular complexity index is 535. The van der Waals surface area contributed by atoms with Gasteiger partial charge in [0.05, 0.1) is 11.4 Å². The average Bonchev–Trinajstić information content (AvgIpc) is 2.37. The smallest absolute Gasteiger partial charge is 0.151 e. The molecule has 0 amide bonds. The van der Waals surface area contributed by atoms with E-state index in [1.165, 1.54) is 0 Å². The van der Waals surface area contributed by atoms with Crippen molar-refractivity contribution < 1.29 is 0 Å². The third kappa shape index (κ3) is 3.82. The van der Waals surface area contributed by atoms with Crippen molar-refractivity contribution in [1.29, 1.82) is 0 Å². The standard InChI is InChI=1S/C12H9Cl3N2Si/c13-18(14,15)12-8-6-11(7-9-12)17-16-10-4-2-1-3-5-10/h1-9H. The Morgan fingerprint density at radius 3 is 1.67 bits per heavy atom. The maximum atomic E-state index is 5.90. The molecule has 0 radical (unpaired) electrons. The Morgan fingerprint density at radius 1 is 0.667 bits per heavy atom. The van der Waals surface area contributed by atoms with Crippen molar-refractivity contribution in [3.05, 3.63) is 54.6 Å². The number of halogens is 3. The van der Waals surface area contributed by atoms with Crippen LogP contribution >= 0.6 is 33.2 Å². The van der Waals surface area contributed by atoms with Crippen LogP contribution in [0.3, 0.4) is 0 Å². The summed E-state index contributed by atoms with van der Waals surface area (Å²) in [4.78, 5) is 0. The first-order chi connectivity index (χ1) is 8.55. The molecule has 2 aromatic rings. The predicted molar refractivity (Wildman–Crippen MR) is 80.0 cm³/mol. The molecule has 0 saturated carbocycles. The molecular formula is C12H9Cl3N2Si. The van der Waals surface area contributed by atoms with Crippen LogP contribution in [0.15, 0.2) is 64.8 Å². The third-order valence-electron chi connectivity index (χ3n) is 2.23. The zero-order valence-electron chi connectivity index (χ0n) is 9.22. The van der Waals surface area contributed by atoms with Crippen LogP contribution in [0.5, 0.6) is 0 Å². The van der Waals surface area contributed by atoms with Gasteiger partial charge < -0.3 is 0 Å². The van der Waals surface area contributed by atoms with Gasteiger partial charge in [-0.1, -0.05) is 30.3 Å². The van der Waals surface area contributed by atoms with Gasteiger partial charge in [-0.2, -0.15) is 10.2 Å². The number of hydrogen-bond donors (Lipinski definition) is 0. The summed E-state index contributed by atoms with van der Waals surface area (Å²) in [5.41, 5.74) is 1.53. The molecule has 6 heteroatoms. The van der Waals surface area contributed by atoms with Gasteiger partial charge in [-0.25, -0.2) is 0 Å². The van der Waals surface area contributed by atoms with E-state index in [0.717, 1.165) is 16.6 Å². The second-order valence-electron chi connectivity index (χ2n) is 3.58. The van der Waals surface area contributed by atoms with E-state index in [-0.39, 0.29) is 0 Å². The van der Waals surface area contributed by atoms with Crippen LogP contribution in [0, 0.1) is 0 Å². The minimum absolute atomic E-state index is 0.728. The molecule has 92 valence electrons. The molecular weight excluding hydrogens is 307 g/mol. The van der Waals surface area contributed by atoms with Crippen molar-refractivity contribution in [3.8, 4) is 0 Å². The minimum atomic E-state index is -2.80. The minimum Gasteiger partial charge on any atom is -0.151 e. The van der Waals surface area contributed by atoms with Crippen LogP contribution in [0.25, 0.3) is 0 Å². The van der Waals surface area contributed by atoms with Crippen LogP contribution in [0.2, 0.25) is 0 Å². The maximum absolute atomic E-state index is 5.90. The summed E-state index contributed by atoms with van der Waals surface area (Å²) in [6.45, 7) is 0. The monoisotopic (exact) mass is 314 g/mol. The van der Waals surface area contributed by atoms with Crippen LogP contribution in [-0.2, 0) is 0 Å². The summed E-state index contributed by atoms with van der Waals surface area (Å²) in [6.07, 6.45) is 0. The molecule has 0 N–H and O–H groups in total. The van der Waals surface area contributed by atoms with Crippen LogP contribution in [-0.4, -0.2) is 6.00 Å². The molecule has 2 nitrogen and oxygen atoms in total. The lowest BCUT2D eigenvalue weighted by Crippen LogP contribution is -2.29. The van der Waals surface area contributed by atoms with Gasteiger partial charge in [-0.3, -0.25) is 0 Å². The summed E-state index contributed by atoms with van der Waals surface area (Å²) in [5.74, 6) is 0. The lowest BCUT2D eigenvalue weighted by Gasteiger charge is -2.07. The molecule has 18 heavy (non-hydrogen) atoms. The zero-order chi connectivity index (χ0) is 13.0. The first-order valence-electron chi connectivity index (χ1n) is 5.20. The topological polar surface area (TPSA) is 24.7 Å². The van der Waals surface area contributed by atoms with E-state index in [1.54, 1.807) is 24.3 Å². The molecule has 0 aromatic heterocycles. The Labute approximate surface area is 120 Å². The van der Waals surface area contributed by atoms with E-state index in [1.807, 2.05) is 30.3 Å². The number of nitrogens with zero attached hydrogens (tertiary/aromatic N) is 2. The van der Waals surface area contributed by atoms with E-state index in [2.05, 4.69) is 10.2 Å². The molecule has 0 spiro atoms. The summed E-state index contributed by atoms with van der Waals surface area (Å²) in [5, 5.41) is 8.96. The molecule has 2 aromatic carbocycles. The largest absolute Gasteiger partial charge is 0.372 e. The van der Waals surface area contributed by atoms with Gasteiger partial charge in [-0.05, 0) is 29.5 Å². The molecule has 0 aliphatic heterocycles. The number of azo groups is 1. The quantitative estimate of drug-likeness (QED) is 0.434. The van der Waals surface area contributed by atoms with Gasteiger partial charge >= 0.3 is 6.00 Å². The summed E-state index contributed by atoms with van der Waals surface area (Å²) in [7, 11) is 0. The van der Waals surface area contributed by atoms with Crippen molar-refractivity contribution >= 4 is 55.8 Å². The van der Waals surface area contributed by atoms with Crippen molar-refractivity contribution in [1.82, 2.24) is 0 Å². The fraction of sp³-hybridized carbons (Fsp3) is 0. The second-order valence-corrected chi connectivity index (χ2v) is 12.0. The average molecular weight is 316 g/mol. The highest BCUT2D eigenvalue weighted by molar-refractivity contribution is 7.69. The highest BCUT2D eigenvalue weighted by atomic mass is 35.8. The summed E-state index contributed by atoms with van der Waals surface area (Å²) in [6, 6.07) is 13.8. The van der Waals surface area contributed by atoms with Gasteiger partial charge in [0.1, 0.15) is 0 Å². The van der Waals surface area contributed by atoms with Gasteiger partial charge in [0.15, 0.2) is 0 Å². The van der Waals surface area contributed by atoms with Crippen LogP contribution in [0.4, 0.5) is 11.4 Å². The zero-order valence-corrected chi connectivity index (χ0v) is 12.5. The third-order valence-corrected chi connectivity index (χ3v) is 5.18. The summed E-state index contributed by atoms with van der Waals surface area (Å²) >= 11 is 17.7. The fourth-order valence-corrected chi connectivity index (χ4v) is 3.01. The molecule has 0 saturated heterocycles. The normalized spacial score (nSPS) is 11.9. The fourth-order valence-electron chi connectivity index (χ4n) is 1.33. The highest BCUT2D eigenvalue weighted by Gasteiger charge is 2.27. The molecule has 0 fully saturated rings. The maximum Gasteiger partial charge on any atom is 0.372 e. The van der Waals surface area contributed by atoms with Crippen molar-refractivity contribution in [2.45, 2.75) is 0 Å². The Kier molecular flexibility index (Phi) is 4.40. The van der Waals surface area contributed by atoms with Crippen molar-refractivity contribution in [2.24, 2.45) is 10.2 Å². The van der Waals surface area contributed by atoms with Gasteiger partial charge in [-0.15, -0.1) is 33.2 Å². The molecule has 0 atom stereocenters. The Balaban J connectivity index is 2.14. The number of rotatable bonds is 3. The Morgan fingerprint density at radius 2 is 1.17 bits per heavy atom. The lowest BCUT2D eigenvalue weighted by atomic mass is 10.3. The Hall–Kier alpha value is -0.873. The van der Waals surface area contributed by atoms with Crippen molar-refractivity contribution in [2.75, 3.05) is 0 Å². The second kappa shape index (κ2) is 5.84. The van der Waals surface area contributed by atoms with Crippen LogP contribution < -0.4 is 5.19 Å². The number of benzene rings is 2. The SMILES string of the molecule is Cl[Si](Cl)(Cl)c1ccc(N=Nc2ccccc2)cc1.